The number of rotatable bonds is 5. The maximum atomic E-state index is 12.8. The Morgan fingerprint density at radius 1 is 1.31 bits per heavy atom. The lowest BCUT2D eigenvalue weighted by Gasteiger charge is -2.43. The lowest BCUT2D eigenvalue weighted by Crippen LogP contribution is -2.46. The minimum Gasteiger partial charge on any atom is -0.366 e. The van der Waals surface area contributed by atoms with Crippen LogP contribution in [0, 0.1) is 0 Å². The molecule has 0 radical (unpaired) electrons. The summed E-state index contributed by atoms with van der Waals surface area (Å²) in [5, 5.41) is 6.44. The molecule has 1 aromatic heterocycles. The van der Waals surface area contributed by atoms with E-state index in [0.717, 1.165) is 47.7 Å². The molecule has 5 nitrogen and oxygen atoms in total. The topological polar surface area (TPSA) is 67.4 Å². The Balaban J connectivity index is 1.46. The van der Waals surface area contributed by atoms with Gasteiger partial charge >= 0.3 is 0 Å². The van der Waals surface area contributed by atoms with Crippen LogP contribution in [0.4, 0.5) is 0 Å². The molecule has 1 fully saturated rings. The van der Waals surface area contributed by atoms with Crippen LogP contribution in [-0.2, 0) is 34.1 Å². The Hall–Kier alpha value is -1.54. The van der Waals surface area contributed by atoms with Crippen molar-refractivity contribution in [1.29, 1.82) is 0 Å². The smallest absolute Gasteiger partial charge is 0.261 e. The first-order valence-corrected chi connectivity index (χ1v) is 12.4. The molecule has 7 heteroatoms. The van der Waals surface area contributed by atoms with E-state index < -0.39 is 10.8 Å². The summed E-state index contributed by atoms with van der Waals surface area (Å²) in [4.78, 5) is 15.6. The van der Waals surface area contributed by atoms with Crippen molar-refractivity contribution in [3.63, 3.8) is 0 Å². The number of hydrogen-bond acceptors (Lipinski definition) is 5. The van der Waals surface area contributed by atoms with Crippen LogP contribution in [0.15, 0.2) is 35.2 Å². The zero-order valence-corrected chi connectivity index (χ0v) is 18.6. The molecule has 2 aromatic rings. The van der Waals surface area contributed by atoms with Gasteiger partial charge in [0.15, 0.2) is 0 Å². The van der Waals surface area contributed by atoms with Crippen LogP contribution in [0.2, 0.25) is 0 Å². The van der Waals surface area contributed by atoms with Crippen molar-refractivity contribution >= 4 is 28.0 Å². The van der Waals surface area contributed by atoms with E-state index in [4.69, 9.17) is 4.74 Å². The first-order valence-electron chi connectivity index (χ1n) is 10.3. The third kappa shape index (κ3) is 4.33. The molecule has 0 bridgehead atoms. The molecule has 2 aliphatic heterocycles. The van der Waals surface area contributed by atoms with Crippen molar-refractivity contribution in [2.75, 3.05) is 18.8 Å². The van der Waals surface area contributed by atoms with Gasteiger partial charge in [0.25, 0.3) is 5.91 Å². The largest absolute Gasteiger partial charge is 0.366 e. The van der Waals surface area contributed by atoms with E-state index in [0.29, 0.717) is 12.3 Å². The number of carbonyl (C=O) groups is 1. The average molecular weight is 433 g/mol. The predicted octanol–water partition coefficient (Wildman–Crippen LogP) is 3.35. The number of fused-ring (bicyclic) bond motifs is 2. The molecule has 2 atom stereocenters. The highest BCUT2D eigenvalue weighted by Gasteiger charge is 2.43. The molecule has 1 spiro atoms. The SMILES string of the molecule is CCS(=O)c1ccc(CNC(=O)c2cc3c(s2)C2(CCNCC2)OC(C)C3)cc1. The number of benzene rings is 1. The highest BCUT2D eigenvalue weighted by atomic mass is 32.2. The van der Waals surface area contributed by atoms with Gasteiger partial charge in [0.2, 0.25) is 0 Å². The highest BCUT2D eigenvalue weighted by Crippen LogP contribution is 2.46. The molecule has 1 saturated heterocycles. The van der Waals surface area contributed by atoms with E-state index in [2.05, 4.69) is 23.6 Å². The summed E-state index contributed by atoms with van der Waals surface area (Å²) < 4.78 is 18.3. The maximum Gasteiger partial charge on any atom is 0.261 e. The van der Waals surface area contributed by atoms with Gasteiger partial charge in [-0.2, -0.15) is 0 Å². The molecule has 2 unspecified atom stereocenters. The van der Waals surface area contributed by atoms with Gasteiger partial charge in [-0.25, -0.2) is 0 Å². The van der Waals surface area contributed by atoms with Crippen molar-refractivity contribution < 1.29 is 13.7 Å². The zero-order chi connectivity index (χ0) is 20.4. The Morgan fingerprint density at radius 3 is 2.72 bits per heavy atom. The molecule has 2 aliphatic rings. The van der Waals surface area contributed by atoms with Gasteiger partial charge < -0.3 is 15.4 Å². The Bertz CT molecular complexity index is 901. The van der Waals surface area contributed by atoms with Gasteiger partial charge in [0.05, 0.1) is 21.8 Å². The van der Waals surface area contributed by atoms with Crippen LogP contribution in [0.3, 0.4) is 0 Å². The van der Waals surface area contributed by atoms with Crippen LogP contribution in [0.5, 0.6) is 0 Å². The standard InChI is InChI=1S/C22H28N2O3S2/c1-3-29(26)18-6-4-16(5-7-18)14-24-21(25)19-13-17-12-15(2)27-22(20(17)28-19)8-10-23-11-9-22/h4-7,13,15,23H,3,8-12,14H2,1-2H3,(H,24,25). The Kier molecular flexibility index (Phi) is 6.20. The van der Waals surface area contributed by atoms with Gasteiger partial charge in [-0.05, 0) is 68.6 Å². The van der Waals surface area contributed by atoms with Crippen molar-refractivity contribution in [1.82, 2.24) is 10.6 Å². The predicted molar refractivity (Wildman–Crippen MR) is 117 cm³/mol. The number of thiophene rings is 1. The first kappa shape index (κ1) is 20.7. The lowest BCUT2D eigenvalue weighted by molar-refractivity contribution is -0.117. The molecule has 3 heterocycles. The van der Waals surface area contributed by atoms with Crippen LogP contribution >= 0.6 is 11.3 Å². The quantitative estimate of drug-likeness (QED) is 0.760. The van der Waals surface area contributed by atoms with E-state index in [1.807, 2.05) is 31.2 Å². The summed E-state index contributed by atoms with van der Waals surface area (Å²) in [6.07, 6.45) is 2.96. The second-order valence-corrected chi connectivity index (χ2v) is 10.6. The molecular weight excluding hydrogens is 404 g/mol. The second-order valence-electron chi connectivity index (χ2n) is 7.80. The van der Waals surface area contributed by atoms with E-state index in [1.54, 1.807) is 11.3 Å². The average Bonchev–Trinajstić information content (AvgIpc) is 3.17. The van der Waals surface area contributed by atoms with Crippen LogP contribution in [-0.4, -0.2) is 35.1 Å². The molecule has 1 amide bonds. The number of piperidine rings is 1. The fourth-order valence-corrected chi connectivity index (χ4v) is 6.31. The second kappa shape index (κ2) is 8.68. The van der Waals surface area contributed by atoms with E-state index in [-0.39, 0.29) is 17.6 Å². The molecule has 1 aromatic carbocycles. The molecule has 0 aliphatic carbocycles. The number of carbonyl (C=O) groups excluding carboxylic acids is 1. The number of hydrogen-bond donors (Lipinski definition) is 2. The van der Waals surface area contributed by atoms with Crippen LogP contribution in [0.25, 0.3) is 0 Å². The summed E-state index contributed by atoms with van der Waals surface area (Å²) in [7, 11) is -0.948. The maximum absolute atomic E-state index is 12.8. The van der Waals surface area contributed by atoms with Gasteiger partial charge in [0.1, 0.15) is 5.60 Å². The monoisotopic (exact) mass is 432 g/mol. The van der Waals surface area contributed by atoms with E-state index in [1.165, 1.54) is 10.4 Å². The number of nitrogens with one attached hydrogen (secondary N) is 2. The van der Waals surface area contributed by atoms with Gasteiger partial charge in [0, 0.05) is 22.1 Å². The third-order valence-electron chi connectivity index (χ3n) is 5.69. The Labute approximate surface area is 178 Å². The number of amides is 1. The first-order chi connectivity index (χ1) is 14.0. The minimum atomic E-state index is -0.948. The van der Waals surface area contributed by atoms with Gasteiger partial charge in [-0.15, -0.1) is 11.3 Å². The molecule has 2 N–H and O–H groups in total. The molecule has 29 heavy (non-hydrogen) atoms. The highest BCUT2D eigenvalue weighted by molar-refractivity contribution is 7.85. The number of ether oxygens (including phenoxy) is 1. The van der Waals surface area contributed by atoms with Crippen LogP contribution < -0.4 is 10.6 Å². The summed E-state index contributed by atoms with van der Waals surface area (Å²) in [6.45, 7) is 6.39. The zero-order valence-electron chi connectivity index (χ0n) is 17.0. The van der Waals surface area contributed by atoms with E-state index >= 15 is 0 Å². The van der Waals surface area contributed by atoms with Crippen molar-refractivity contribution in [2.45, 2.75) is 56.3 Å². The Morgan fingerprint density at radius 2 is 2.03 bits per heavy atom. The minimum absolute atomic E-state index is 0.0395. The fourth-order valence-electron chi connectivity index (χ4n) is 4.24. The molecular formula is C22H28N2O3S2. The summed E-state index contributed by atoms with van der Waals surface area (Å²) in [6, 6.07) is 9.69. The normalized spacial score (nSPS) is 21.5. The van der Waals surface area contributed by atoms with Gasteiger partial charge in [-0.3, -0.25) is 9.00 Å². The summed E-state index contributed by atoms with van der Waals surface area (Å²) in [5.74, 6) is 0.571. The third-order valence-corrected chi connectivity index (χ3v) is 8.38. The molecule has 4 rings (SSSR count). The molecule has 0 saturated carbocycles. The fraction of sp³-hybridized carbons (Fsp3) is 0.500. The summed E-state index contributed by atoms with van der Waals surface area (Å²) >= 11 is 1.59. The lowest BCUT2D eigenvalue weighted by atomic mass is 9.84. The van der Waals surface area contributed by atoms with E-state index in [9.17, 15) is 9.00 Å². The van der Waals surface area contributed by atoms with Gasteiger partial charge in [-0.1, -0.05) is 19.1 Å². The van der Waals surface area contributed by atoms with Crippen molar-refractivity contribution in [3.05, 3.63) is 51.2 Å². The van der Waals surface area contributed by atoms with Crippen molar-refractivity contribution in [3.8, 4) is 0 Å². The van der Waals surface area contributed by atoms with Crippen LogP contribution in [0.1, 0.15) is 52.4 Å². The molecule has 156 valence electrons. The van der Waals surface area contributed by atoms with Crippen molar-refractivity contribution in [2.24, 2.45) is 0 Å². The summed E-state index contributed by atoms with van der Waals surface area (Å²) in [5.41, 5.74) is 2.04.